The minimum absolute atomic E-state index is 0.218. The van der Waals surface area contributed by atoms with Crippen molar-refractivity contribution in [1.82, 2.24) is 14.9 Å². The largest absolute Gasteiger partial charge is 0.383 e. The van der Waals surface area contributed by atoms with E-state index in [2.05, 4.69) is 40.5 Å². The Labute approximate surface area is 108 Å². The van der Waals surface area contributed by atoms with Crippen LogP contribution in [0.4, 0.5) is 17.6 Å². The molecule has 0 unspecified atom stereocenters. The Bertz CT molecular complexity index is 397. The second-order valence-corrected chi connectivity index (χ2v) is 5.65. The molecule has 4 N–H and O–H groups in total. The molecule has 1 saturated heterocycles. The van der Waals surface area contributed by atoms with Gasteiger partial charge in [-0.15, -0.1) is 0 Å². The SMILES string of the molecule is CC(C)(C)N1CCN(c2cc(N)nc(N)n2)CC1. The van der Waals surface area contributed by atoms with Crippen molar-refractivity contribution in [2.45, 2.75) is 26.3 Å². The van der Waals surface area contributed by atoms with Gasteiger partial charge in [0.1, 0.15) is 11.6 Å². The van der Waals surface area contributed by atoms with E-state index in [4.69, 9.17) is 11.5 Å². The summed E-state index contributed by atoms with van der Waals surface area (Å²) < 4.78 is 0. The quantitative estimate of drug-likeness (QED) is 0.757. The highest BCUT2D eigenvalue weighted by Gasteiger charge is 2.26. The van der Waals surface area contributed by atoms with E-state index in [0.717, 1.165) is 32.0 Å². The summed E-state index contributed by atoms with van der Waals surface area (Å²) in [4.78, 5) is 12.8. The molecule has 6 nitrogen and oxygen atoms in total. The first kappa shape index (κ1) is 12.9. The highest BCUT2D eigenvalue weighted by molar-refractivity contribution is 5.50. The van der Waals surface area contributed by atoms with Crippen LogP contribution in [-0.4, -0.2) is 46.6 Å². The van der Waals surface area contributed by atoms with Gasteiger partial charge in [0.15, 0.2) is 0 Å². The van der Waals surface area contributed by atoms with Gasteiger partial charge in [-0.25, -0.2) is 0 Å². The van der Waals surface area contributed by atoms with E-state index in [1.54, 1.807) is 6.07 Å². The molecule has 2 heterocycles. The molecule has 0 bridgehead atoms. The molecule has 0 aromatic carbocycles. The summed E-state index contributed by atoms with van der Waals surface area (Å²) in [6.45, 7) is 10.6. The van der Waals surface area contributed by atoms with Gasteiger partial charge in [0.25, 0.3) is 0 Å². The zero-order valence-electron chi connectivity index (χ0n) is 11.3. The van der Waals surface area contributed by atoms with E-state index in [-0.39, 0.29) is 11.5 Å². The normalized spacial score (nSPS) is 18.1. The van der Waals surface area contributed by atoms with Crippen LogP contribution in [-0.2, 0) is 0 Å². The Morgan fingerprint density at radius 3 is 2.17 bits per heavy atom. The maximum Gasteiger partial charge on any atom is 0.223 e. The Morgan fingerprint density at radius 1 is 1.06 bits per heavy atom. The van der Waals surface area contributed by atoms with E-state index in [0.29, 0.717) is 5.82 Å². The molecule has 6 heteroatoms. The standard InChI is InChI=1S/C12H22N6/c1-12(2,3)18-6-4-17(5-7-18)10-8-9(13)15-11(14)16-10/h8H,4-7H2,1-3H3,(H4,13,14,15,16). The molecule has 0 spiro atoms. The molecular formula is C12H22N6. The predicted molar refractivity (Wildman–Crippen MR) is 74.4 cm³/mol. The maximum absolute atomic E-state index is 5.69. The molecule has 1 aliphatic rings. The molecule has 0 saturated carbocycles. The summed E-state index contributed by atoms with van der Waals surface area (Å²) in [6.07, 6.45) is 0. The number of nitrogens with two attached hydrogens (primary N) is 2. The molecule has 1 aliphatic heterocycles. The smallest absolute Gasteiger partial charge is 0.223 e. The van der Waals surface area contributed by atoms with Crippen LogP contribution in [0.5, 0.6) is 0 Å². The summed E-state index contributed by atoms with van der Waals surface area (Å²) in [5.41, 5.74) is 11.5. The first-order chi connectivity index (χ1) is 8.36. The van der Waals surface area contributed by atoms with Gasteiger partial charge in [-0.1, -0.05) is 0 Å². The van der Waals surface area contributed by atoms with Crippen LogP contribution in [0.2, 0.25) is 0 Å². The Kier molecular flexibility index (Phi) is 3.30. The fraction of sp³-hybridized carbons (Fsp3) is 0.667. The molecular weight excluding hydrogens is 228 g/mol. The van der Waals surface area contributed by atoms with Gasteiger partial charge in [-0.3, -0.25) is 4.90 Å². The van der Waals surface area contributed by atoms with Crippen molar-refractivity contribution in [3.63, 3.8) is 0 Å². The van der Waals surface area contributed by atoms with Gasteiger partial charge in [-0.2, -0.15) is 9.97 Å². The summed E-state index contributed by atoms with van der Waals surface area (Å²) in [6, 6.07) is 1.78. The molecule has 0 amide bonds. The van der Waals surface area contributed by atoms with E-state index in [1.807, 2.05) is 0 Å². The number of aromatic nitrogens is 2. The maximum atomic E-state index is 5.69. The van der Waals surface area contributed by atoms with Crippen LogP contribution >= 0.6 is 0 Å². The van der Waals surface area contributed by atoms with Crippen molar-refractivity contribution in [3.8, 4) is 0 Å². The molecule has 2 rings (SSSR count). The van der Waals surface area contributed by atoms with Crippen molar-refractivity contribution in [2.75, 3.05) is 42.5 Å². The number of nitrogen functional groups attached to an aromatic ring is 2. The summed E-state index contributed by atoms with van der Waals surface area (Å²) in [5, 5.41) is 0. The van der Waals surface area contributed by atoms with Crippen LogP contribution < -0.4 is 16.4 Å². The van der Waals surface area contributed by atoms with Crippen molar-refractivity contribution in [1.29, 1.82) is 0 Å². The summed E-state index contributed by atoms with van der Waals surface area (Å²) in [7, 11) is 0. The lowest BCUT2D eigenvalue weighted by molar-refractivity contribution is 0.128. The Hall–Kier alpha value is -1.56. The predicted octanol–water partition coefficient (Wildman–Crippen LogP) is 0.562. The average molecular weight is 250 g/mol. The Balaban J connectivity index is 2.05. The van der Waals surface area contributed by atoms with Gasteiger partial charge in [0.2, 0.25) is 5.95 Å². The third-order valence-corrected chi connectivity index (χ3v) is 3.30. The number of hydrogen-bond donors (Lipinski definition) is 2. The zero-order valence-corrected chi connectivity index (χ0v) is 11.3. The van der Waals surface area contributed by atoms with Crippen LogP contribution in [0.1, 0.15) is 20.8 Å². The highest BCUT2D eigenvalue weighted by Crippen LogP contribution is 2.20. The fourth-order valence-electron chi connectivity index (χ4n) is 2.24. The van der Waals surface area contributed by atoms with Crippen LogP contribution in [0.25, 0.3) is 0 Å². The van der Waals surface area contributed by atoms with Crippen molar-refractivity contribution >= 4 is 17.6 Å². The van der Waals surface area contributed by atoms with Gasteiger partial charge in [0.05, 0.1) is 0 Å². The third-order valence-electron chi connectivity index (χ3n) is 3.30. The van der Waals surface area contributed by atoms with Crippen molar-refractivity contribution in [3.05, 3.63) is 6.07 Å². The van der Waals surface area contributed by atoms with E-state index < -0.39 is 0 Å². The van der Waals surface area contributed by atoms with Crippen molar-refractivity contribution < 1.29 is 0 Å². The first-order valence-corrected chi connectivity index (χ1v) is 6.26. The molecule has 100 valence electrons. The highest BCUT2D eigenvalue weighted by atomic mass is 15.3. The van der Waals surface area contributed by atoms with E-state index in [1.165, 1.54) is 0 Å². The zero-order chi connectivity index (χ0) is 13.3. The van der Waals surface area contributed by atoms with Crippen LogP contribution in [0.3, 0.4) is 0 Å². The van der Waals surface area contributed by atoms with Gasteiger partial charge >= 0.3 is 0 Å². The second kappa shape index (κ2) is 4.61. The Morgan fingerprint density at radius 2 is 1.67 bits per heavy atom. The van der Waals surface area contributed by atoms with Gasteiger partial charge in [0, 0.05) is 37.8 Å². The lowest BCUT2D eigenvalue weighted by atomic mass is 10.1. The molecule has 0 aliphatic carbocycles. The van der Waals surface area contributed by atoms with Crippen LogP contribution in [0, 0.1) is 0 Å². The molecule has 0 atom stereocenters. The molecule has 18 heavy (non-hydrogen) atoms. The number of anilines is 3. The minimum Gasteiger partial charge on any atom is -0.383 e. The van der Waals surface area contributed by atoms with Gasteiger partial charge < -0.3 is 16.4 Å². The molecule has 1 fully saturated rings. The van der Waals surface area contributed by atoms with Crippen molar-refractivity contribution in [2.24, 2.45) is 0 Å². The minimum atomic E-state index is 0.218. The van der Waals surface area contributed by atoms with E-state index in [9.17, 15) is 0 Å². The molecule has 1 aromatic rings. The van der Waals surface area contributed by atoms with Gasteiger partial charge in [-0.05, 0) is 20.8 Å². The van der Waals surface area contributed by atoms with Crippen LogP contribution in [0.15, 0.2) is 6.07 Å². The fourth-order valence-corrected chi connectivity index (χ4v) is 2.24. The number of hydrogen-bond acceptors (Lipinski definition) is 6. The lowest BCUT2D eigenvalue weighted by Crippen LogP contribution is -2.53. The lowest BCUT2D eigenvalue weighted by Gasteiger charge is -2.42. The first-order valence-electron chi connectivity index (χ1n) is 6.26. The number of piperazine rings is 1. The second-order valence-electron chi connectivity index (χ2n) is 5.65. The number of nitrogens with zero attached hydrogens (tertiary/aromatic N) is 4. The summed E-state index contributed by atoms with van der Waals surface area (Å²) >= 11 is 0. The average Bonchev–Trinajstić information content (AvgIpc) is 2.27. The third kappa shape index (κ3) is 2.81. The number of rotatable bonds is 1. The topological polar surface area (TPSA) is 84.3 Å². The monoisotopic (exact) mass is 250 g/mol. The van der Waals surface area contributed by atoms with E-state index >= 15 is 0 Å². The molecule has 0 radical (unpaired) electrons. The summed E-state index contributed by atoms with van der Waals surface area (Å²) in [5.74, 6) is 1.49. The molecule has 1 aromatic heterocycles.